The molecule has 0 saturated heterocycles. The molecule has 0 aliphatic carbocycles. The van der Waals surface area contributed by atoms with Gasteiger partial charge in [-0.15, -0.1) is 0 Å². The number of nitrogens with zero attached hydrogens (tertiary/aromatic N) is 4. The average molecular weight is 264 g/mol. The van der Waals surface area contributed by atoms with Crippen molar-refractivity contribution in [2.45, 2.75) is 10.3 Å². The number of hydrogen-bond acceptors (Lipinski definition) is 8. The van der Waals surface area contributed by atoms with Crippen LogP contribution in [0.1, 0.15) is 10.5 Å². The summed E-state index contributed by atoms with van der Waals surface area (Å²) in [5.41, 5.74) is 10.9. The number of anilines is 2. The van der Waals surface area contributed by atoms with Gasteiger partial charge in [-0.3, -0.25) is 0 Å². The number of aromatic carboxylic acids is 1. The van der Waals surface area contributed by atoms with Crippen molar-refractivity contribution in [2.75, 3.05) is 11.5 Å². The van der Waals surface area contributed by atoms with Gasteiger partial charge in [-0.05, 0) is 17.8 Å². The lowest BCUT2D eigenvalue weighted by Crippen LogP contribution is -2.03. The van der Waals surface area contributed by atoms with Crippen molar-refractivity contribution in [3.63, 3.8) is 0 Å². The minimum Gasteiger partial charge on any atom is -0.477 e. The van der Waals surface area contributed by atoms with E-state index < -0.39 is 5.97 Å². The van der Waals surface area contributed by atoms with Crippen LogP contribution >= 0.6 is 11.8 Å². The lowest BCUT2D eigenvalue weighted by molar-refractivity contribution is 0.0689. The molecule has 18 heavy (non-hydrogen) atoms. The third kappa shape index (κ3) is 2.83. The van der Waals surface area contributed by atoms with E-state index >= 15 is 0 Å². The smallest absolute Gasteiger partial charge is 0.354 e. The van der Waals surface area contributed by atoms with E-state index in [2.05, 4.69) is 19.9 Å². The number of carbonyl (C=O) groups is 1. The van der Waals surface area contributed by atoms with Crippen LogP contribution in [0, 0.1) is 0 Å². The van der Waals surface area contributed by atoms with E-state index in [1.807, 2.05) is 0 Å². The lowest BCUT2D eigenvalue weighted by Gasteiger charge is -2.01. The maximum absolute atomic E-state index is 10.7. The number of hydrogen-bond donors (Lipinski definition) is 3. The monoisotopic (exact) mass is 264 g/mol. The predicted octanol–water partition coefficient (Wildman–Crippen LogP) is 0.280. The normalized spacial score (nSPS) is 10.2. The molecule has 0 spiro atoms. The van der Waals surface area contributed by atoms with Gasteiger partial charge in [0, 0.05) is 12.3 Å². The van der Waals surface area contributed by atoms with E-state index in [9.17, 15) is 4.79 Å². The summed E-state index contributed by atoms with van der Waals surface area (Å²) in [5.74, 6) is -0.689. The van der Waals surface area contributed by atoms with Crippen LogP contribution in [-0.2, 0) is 0 Å². The summed E-state index contributed by atoms with van der Waals surface area (Å²) in [6, 6.07) is 2.71. The topological polar surface area (TPSA) is 141 Å². The highest BCUT2D eigenvalue weighted by Gasteiger charge is 2.09. The number of nitrogens with two attached hydrogens (primary N) is 2. The Hall–Kier alpha value is -2.42. The first-order valence-electron chi connectivity index (χ1n) is 4.69. The van der Waals surface area contributed by atoms with Crippen molar-refractivity contribution in [3.8, 4) is 0 Å². The molecule has 2 aromatic rings. The van der Waals surface area contributed by atoms with Gasteiger partial charge in [-0.2, -0.15) is 0 Å². The number of rotatable bonds is 3. The molecule has 0 aliphatic rings. The molecule has 8 nitrogen and oxygen atoms in total. The minimum absolute atomic E-state index is 0.107. The fourth-order valence-electron chi connectivity index (χ4n) is 1.10. The highest BCUT2D eigenvalue weighted by atomic mass is 32.2. The Morgan fingerprint density at radius 2 is 1.83 bits per heavy atom. The van der Waals surface area contributed by atoms with Crippen molar-refractivity contribution in [1.82, 2.24) is 19.9 Å². The van der Waals surface area contributed by atoms with Crippen LogP contribution in [0.5, 0.6) is 0 Å². The first-order valence-corrected chi connectivity index (χ1v) is 5.50. The third-order valence-corrected chi connectivity index (χ3v) is 2.52. The minimum atomic E-state index is -1.13. The number of aromatic nitrogens is 4. The SMILES string of the molecule is Nc1cc(N)nc(Sc2nccc(C(=O)O)n2)n1. The molecule has 5 N–H and O–H groups in total. The Labute approximate surface area is 105 Å². The fraction of sp³-hybridized carbons (Fsp3) is 0. The molecule has 2 aromatic heterocycles. The van der Waals surface area contributed by atoms with Crippen LogP contribution in [0.2, 0.25) is 0 Å². The van der Waals surface area contributed by atoms with E-state index in [1.165, 1.54) is 18.3 Å². The number of nitrogen functional groups attached to an aromatic ring is 2. The van der Waals surface area contributed by atoms with E-state index in [0.717, 1.165) is 11.8 Å². The van der Waals surface area contributed by atoms with Gasteiger partial charge in [0.2, 0.25) is 0 Å². The summed E-state index contributed by atoms with van der Waals surface area (Å²) in [6.45, 7) is 0. The van der Waals surface area contributed by atoms with Crippen molar-refractivity contribution >= 4 is 29.4 Å². The molecular weight excluding hydrogens is 256 g/mol. The predicted molar refractivity (Wildman–Crippen MR) is 64.0 cm³/mol. The van der Waals surface area contributed by atoms with Crippen LogP contribution in [0.4, 0.5) is 11.6 Å². The van der Waals surface area contributed by atoms with E-state index in [4.69, 9.17) is 16.6 Å². The molecule has 0 amide bonds. The molecule has 2 heterocycles. The molecule has 0 aliphatic heterocycles. The fourth-order valence-corrected chi connectivity index (χ4v) is 1.82. The quantitative estimate of drug-likeness (QED) is 0.666. The van der Waals surface area contributed by atoms with Crippen molar-refractivity contribution in [3.05, 3.63) is 24.0 Å². The molecule has 0 unspecified atom stereocenters. The lowest BCUT2D eigenvalue weighted by atomic mass is 10.4. The Kier molecular flexibility index (Phi) is 3.24. The van der Waals surface area contributed by atoms with Crippen LogP contribution in [0.15, 0.2) is 28.6 Å². The maximum atomic E-state index is 10.7. The highest BCUT2D eigenvalue weighted by Crippen LogP contribution is 2.22. The van der Waals surface area contributed by atoms with E-state index in [-0.39, 0.29) is 27.6 Å². The zero-order valence-electron chi connectivity index (χ0n) is 8.94. The average Bonchev–Trinajstić information content (AvgIpc) is 2.27. The maximum Gasteiger partial charge on any atom is 0.354 e. The molecule has 0 aromatic carbocycles. The molecule has 0 fully saturated rings. The zero-order chi connectivity index (χ0) is 13.1. The van der Waals surface area contributed by atoms with E-state index in [0.29, 0.717) is 0 Å². The van der Waals surface area contributed by atoms with E-state index in [1.54, 1.807) is 0 Å². The molecule has 0 atom stereocenters. The second-order valence-electron chi connectivity index (χ2n) is 3.13. The third-order valence-electron chi connectivity index (χ3n) is 1.78. The van der Waals surface area contributed by atoms with Crippen molar-refractivity contribution in [1.29, 1.82) is 0 Å². The zero-order valence-corrected chi connectivity index (χ0v) is 9.76. The van der Waals surface area contributed by atoms with Crippen LogP contribution in [-0.4, -0.2) is 31.0 Å². The number of carboxylic acids is 1. The second kappa shape index (κ2) is 4.84. The summed E-state index contributed by atoms with van der Waals surface area (Å²) in [5, 5.41) is 9.26. The molecule has 0 bridgehead atoms. The Balaban J connectivity index is 2.28. The largest absolute Gasteiger partial charge is 0.477 e. The second-order valence-corrected chi connectivity index (χ2v) is 4.07. The van der Waals surface area contributed by atoms with Gasteiger partial charge in [0.25, 0.3) is 0 Å². The molecule has 92 valence electrons. The first-order chi connectivity index (χ1) is 8.54. The Morgan fingerprint density at radius 3 is 2.44 bits per heavy atom. The molecule has 0 saturated carbocycles. The number of carboxylic acid groups (broad SMARTS) is 1. The van der Waals surface area contributed by atoms with Crippen LogP contribution in [0.25, 0.3) is 0 Å². The van der Waals surface area contributed by atoms with Crippen molar-refractivity contribution < 1.29 is 9.90 Å². The highest BCUT2D eigenvalue weighted by molar-refractivity contribution is 7.99. The van der Waals surface area contributed by atoms with Gasteiger partial charge in [-0.1, -0.05) is 0 Å². The van der Waals surface area contributed by atoms with Crippen molar-refractivity contribution in [2.24, 2.45) is 0 Å². The van der Waals surface area contributed by atoms with Crippen LogP contribution < -0.4 is 11.5 Å². The summed E-state index contributed by atoms with van der Waals surface area (Å²) in [4.78, 5) is 26.3. The van der Waals surface area contributed by atoms with Gasteiger partial charge >= 0.3 is 5.97 Å². The summed E-state index contributed by atoms with van der Waals surface area (Å²) < 4.78 is 0. The van der Waals surface area contributed by atoms with Crippen LogP contribution in [0.3, 0.4) is 0 Å². The summed E-state index contributed by atoms with van der Waals surface area (Å²) in [6.07, 6.45) is 1.34. The Bertz CT molecular complexity index is 585. The van der Waals surface area contributed by atoms with Gasteiger partial charge < -0.3 is 16.6 Å². The Morgan fingerprint density at radius 1 is 1.17 bits per heavy atom. The van der Waals surface area contributed by atoms with Gasteiger partial charge in [0.1, 0.15) is 11.6 Å². The summed E-state index contributed by atoms with van der Waals surface area (Å²) >= 11 is 0.980. The first kappa shape index (κ1) is 12.0. The molecule has 9 heteroatoms. The molecular formula is C9H8N6O2S. The van der Waals surface area contributed by atoms with Gasteiger partial charge in [0.15, 0.2) is 16.0 Å². The standard InChI is InChI=1S/C9H8N6O2S/c10-5-3-6(11)15-9(14-5)18-8-12-2-1-4(13-8)7(16)17/h1-3H,(H,16,17)(H4,10,11,14,15). The van der Waals surface area contributed by atoms with Gasteiger partial charge in [0.05, 0.1) is 0 Å². The molecule has 0 radical (unpaired) electrons. The summed E-state index contributed by atoms with van der Waals surface area (Å²) in [7, 11) is 0. The molecule has 2 rings (SSSR count). The van der Waals surface area contributed by atoms with Gasteiger partial charge in [-0.25, -0.2) is 24.7 Å².